The zero-order chi connectivity index (χ0) is 16.7. The van der Waals surface area contributed by atoms with Gasteiger partial charge in [0.25, 0.3) is 11.2 Å². The largest absolute Gasteiger partial charge is 0.294 e. The molecule has 0 bridgehead atoms. The second kappa shape index (κ2) is 5.54. The van der Waals surface area contributed by atoms with E-state index in [1.807, 2.05) is 13.8 Å². The molecule has 0 spiro atoms. The van der Waals surface area contributed by atoms with Crippen molar-refractivity contribution in [1.82, 2.24) is 9.55 Å². The lowest BCUT2D eigenvalue weighted by Gasteiger charge is -2.07. The fourth-order valence-corrected chi connectivity index (χ4v) is 3.42. The van der Waals surface area contributed by atoms with E-state index in [4.69, 9.17) is 0 Å². The highest BCUT2D eigenvalue weighted by molar-refractivity contribution is 7.18. The number of nitro groups is 1. The lowest BCUT2D eigenvalue weighted by atomic mass is 10.1. The molecule has 1 aromatic carbocycles. The van der Waals surface area contributed by atoms with Gasteiger partial charge in [-0.15, -0.1) is 11.3 Å². The van der Waals surface area contributed by atoms with Gasteiger partial charge in [0.2, 0.25) is 0 Å². The first-order valence-electron chi connectivity index (χ1n) is 6.77. The van der Waals surface area contributed by atoms with E-state index in [1.54, 1.807) is 0 Å². The van der Waals surface area contributed by atoms with Crippen LogP contribution in [0.15, 0.2) is 29.3 Å². The van der Waals surface area contributed by atoms with E-state index in [0.29, 0.717) is 10.2 Å². The van der Waals surface area contributed by atoms with Gasteiger partial charge < -0.3 is 0 Å². The molecular weight excluding hydrogens is 321 g/mol. The Morgan fingerprint density at radius 2 is 2.13 bits per heavy atom. The molecule has 0 radical (unpaired) electrons. The van der Waals surface area contributed by atoms with Gasteiger partial charge in [-0.2, -0.15) is 0 Å². The van der Waals surface area contributed by atoms with Gasteiger partial charge in [-0.25, -0.2) is 9.37 Å². The molecule has 0 aliphatic carbocycles. The lowest BCUT2D eigenvalue weighted by molar-refractivity contribution is -0.385. The van der Waals surface area contributed by atoms with E-state index in [-0.39, 0.29) is 23.4 Å². The topological polar surface area (TPSA) is 78.0 Å². The number of aryl methyl sites for hydroxylation is 2. The van der Waals surface area contributed by atoms with Crippen LogP contribution in [-0.4, -0.2) is 14.5 Å². The molecule has 0 atom stereocenters. The van der Waals surface area contributed by atoms with Crippen molar-refractivity contribution < 1.29 is 9.31 Å². The van der Waals surface area contributed by atoms with E-state index < -0.39 is 10.7 Å². The van der Waals surface area contributed by atoms with Gasteiger partial charge in [-0.3, -0.25) is 19.5 Å². The molecule has 0 aliphatic rings. The fraction of sp³-hybridized carbons (Fsp3) is 0.200. The van der Waals surface area contributed by atoms with Gasteiger partial charge in [0.05, 0.1) is 28.7 Å². The molecule has 0 unspecified atom stereocenters. The van der Waals surface area contributed by atoms with Crippen molar-refractivity contribution in [3.8, 4) is 0 Å². The number of rotatable bonds is 3. The maximum atomic E-state index is 14.0. The summed E-state index contributed by atoms with van der Waals surface area (Å²) in [4.78, 5) is 28.8. The van der Waals surface area contributed by atoms with Crippen molar-refractivity contribution >= 4 is 27.2 Å². The van der Waals surface area contributed by atoms with Crippen molar-refractivity contribution in [2.24, 2.45) is 0 Å². The zero-order valence-electron chi connectivity index (χ0n) is 12.4. The molecule has 0 amide bonds. The van der Waals surface area contributed by atoms with Crippen LogP contribution in [0, 0.1) is 29.8 Å². The van der Waals surface area contributed by atoms with Crippen LogP contribution in [0.5, 0.6) is 0 Å². The van der Waals surface area contributed by atoms with Gasteiger partial charge in [0.1, 0.15) is 10.6 Å². The Hall–Kier alpha value is -2.61. The highest BCUT2D eigenvalue weighted by atomic mass is 32.1. The Balaban J connectivity index is 2.17. The lowest BCUT2D eigenvalue weighted by Crippen LogP contribution is -2.22. The van der Waals surface area contributed by atoms with Gasteiger partial charge >= 0.3 is 0 Å². The van der Waals surface area contributed by atoms with Crippen LogP contribution in [0.2, 0.25) is 0 Å². The first-order chi connectivity index (χ1) is 10.9. The van der Waals surface area contributed by atoms with Crippen LogP contribution in [0.3, 0.4) is 0 Å². The van der Waals surface area contributed by atoms with Gasteiger partial charge in [0.15, 0.2) is 0 Å². The summed E-state index contributed by atoms with van der Waals surface area (Å²) in [5.41, 5.74) is 0.0230. The van der Waals surface area contributed by atoms with Crippen molar-refractivity contribution in [3.05, 3.63) is 66.8 Å². The molecule has 8 heteroatoms. The summed E-state index contributed by atoms with van der Waals surface area (Å²) in [5, 5.41) is 11.5. The molecule has 23 heavy (non-hydrogen) atoms. The third-order valence-corrected chi connectivity index (χ3v) is 4.89. The number of aromatic nitrogens is 2. The van der Waals surface area contributed by atoms with Crippen LogP contribution in [0.25, 0.3) is 10.2 Å². The average Bonchev–Trinajstić information content (AvgIpc) is 2.79. The SMILES string of the molecule is Cc1sc2ncn(Cc3c(F)cccc3[N+](=O)[O-])c(=O)c2c1C. The minimum absolute atomic E-state index is 0.134. The standard InChI is InChI=1S/C15H12FN3O3S/c1-8-9(2)23-14-13(8)15(20)18(7-17-14)6-10-11(16)4-3-5-12(10)19(21)22/h3-5,7H,6H2,1-2H3. The van der Waals surface area contributed by atoms with Crippen LogP contribution in [-0.2, 0) is 6.54 Å². The smallest absolute Gasteiger partial charge is 0.277 e. The first kappa shape index (κ1) is 15.3. The fourth-order valence-electron chi connectivity index (χ4n) is 2.43. The molecule has 6 nitrogen and oxygen atoms in total. The predicted octanol–water partition coefficient (Wildman–Crippen LogP) is 3.17. The van der Waals surface area contributed by atoms with Crippen molar-refractivity contribution in [3.63, 3.8) is 0 Å². The number of hydrogen-bond acceptors (Lipinski definition) is 5. The van der Waals surface area contributed by atoms with Gasteiger partial charge in [0, 0.05) is 10.9 Å². The van der Waals surface area contributed by atoms with Crippen LogP contribution >= 0.6 is 11.3 Å². The number of halogens is 1. The maximum Gasteiger partial charge on any atom is 0.277 e. The third-order valence-electron chi connectivity index (χ3n) is 3.78. The molecule has 3 rings (SSSR count). The quantitative estimate of drug-likeness (QED) is 0.545. The van der Waals surface area contributed by atoms with Gasteiger partial charge in [-0.05, 0) is 25.5 Å². The summed E-state index contributed by atoms with van der Waals surface area (Å²) in [6.07, 6.45) is 1.30. The molecule has 0 saturated carbocycles. The Morgan fingerprint density at radius 3 is 2.83 bits per heavy atom. The summed E-state index contributed by atoms with van der Waals surface area (Å²) >= 11 is 1.41. The molecule has 0 N–H and O–H groups in total. The molecule has 2 aromatic heterocycles. The Kier molecular flexibility index (Phi) is 3.69. The summed E-state index contributed by atoms with van der Waals surface area (Å²) < 4.78 is 15.2. The number of nitrogens with zero attached hydrogens (tertiary/aromatic N) is 3. The number of fused-ring (bicyclic) bond motifs is 1. The monoisotopic (exact) mass is 333 g/mol. The van der Waals surface area contributed by atoms with Crippen molar-refractivity contribution in [2.75, 3.05) is 0 Å². The Morgan fingerprint density at radius 1 is 1.39 bits per heavy atom. The van der Waals surface area contributed by atoms with E-state index in [0.717, 1.165) is 16.5 Å². The second-order valence-corrected chi connectivity index (χ2v) is 6.34. The summed E-state index contributed by atoms with van der Waals surface area (Å²) in [7, 11) is 0. The van der Waals surface area contributed by atoms with Gasteiger partial charge in [-0.1, -0.05) is 6.07 Å². The van der Waals surface area contributed by atoms with Crippen molar-refractivity contribution in [1.29, 1.82) is 0 Å². The van der Waals surface area contributed by atoms with Crippen molar-refractivity contribution in [2.45, 2.75) is 20.4 Å². The minimum atomic E-state index is -0.718. The molecule has 2 heterocycles. The highest BCUT2D eigenvalue weighted by Crippen LogP contribution is 2.26. The Bertz CT molecular complexity index is 994. The molecule has 0 saturated heterocycles. The number of nitro benzene ring substituents is 1. The summed E-state index contributed by atoms with van der Waals surface area (Å²) in [5.74, 6) is -0.718. The third kappa shape index (κ3) is 2.50. The molecular formula is C15H12FN3O3S. The predicted molar refractivity (Wildman–Crippen MR) is 85.5 cm³/mol. The van der Waals surface area contributed by atoms with E-state index in [1.165, 1.54) is 34.4 Å². The molecule has 3 aromatic rings. The minimum Gasteiger partial charge on any atom is -0.294 e. The van der Waals surface area contributed by atoms with E-state index in [2.05, 4.69) is 4.98 Å². The number of benzene rings is 1. The van der Waals surface area contributed by atoms with Crippen LogP contribution in [0.1, 0.15) is 16.0 Å². The Labute approximate surface area is 134 Å². The molecule has 0 fully saturated rings. The normalized spacial score (nSPS) is 11.1. The van der Waals surface area contributed by atoms with E-state index >= 15 is 0 Å². The van der Waals surface area contributed by atoms with E-state index in [9.17, 15) is 19.3 Å². The summed E-state index contributed by atoms with van der Waals surface area (Å²) in [6.45, 7) is 3.49. The maximum absolute atomic E-state index is 14.0. The number of hydrogen-bond donors (Lipinski definition) is 0. The number of thiophene rings is 1. The highest BCUT2D eigenvalue weighted by Gasteiger charge is 2.20. The second-order valence-electron chi connectivity index (χ2n) is 5.14. The molecule has 118 valence electrons. The molecule has 0 aliphatic heterocycles. The summed E-state index contributed by atoms with van der Waals surface area (Å²) in [6, 6.07) is 3.63. The average molecular weight is 333 g/mol. The van der Waals surface area contributed by atoms with Crippen LogP contribution in [0.4, 0.5) is 10.1 Å². The zero-order valence-corrected chi connectivity index (χ0v) is 13.2. The van der Waals surface area contributed by atoms with Crippen LogP contribution < -0.4 is 5.56 Å². The first-order valence-corrected chi connectivity index (χ1v) is 7.58.